The molecule has 1 fully saturated rings. The van der Waals surface area contributed by atoms with Gasteiger partial charge in [-0.1, -0.05) is 177 Å². The van der Waals surface area contributed by atoms with Gasteiger partial charge in [0, 0.05) is 49.6 Å². The SMILES string of the molecule is CC.CC.CC.CC(C)(C)C(=O)c1ccc(C2OC(c3ccc(C(=O)C(C)(C)C)cc3)OC(c3ccc(C(=O)C(C)(C)C)cc3)O2)cc1. The minimum atomic E-state index is -0.792. The fourth-order valence-electron chi connectivity index (χ4n) is 4.58. The van der Waals surface area contributed by atoms with E-state index in [-0.39, 0.29) is 17.3 Å². The number of carbonyl (C=O) groups is 3. The summed E-state index contributed by atoms with van der Waals surface area (Å²) in [7, 11) is 0. The number of ether oxygens (including phenoxy) is 3. The van der Waals surface area contributed by atoms with Crippen LogP contribution in [0, 0.1) is 16.2 Å². The maximum Gasteiger partial charge on any atom is 0.190 e. The Morgan fingerprint density at radius 1 is 0.375 bits per heavy atom. The van der Waals surface area contributed by atoms with Gasteiger partial charge in [0.1, 0.15) is 0 Å². The summed E-state index contributed by atoms with van der Waals surface area (Å²) in [5, 5.41) is 0. The lowest BCUT2D eigenvalue weighted by molar-refractivity contribution is -0.397. The molecule has 0 amide bonds. The van der Waals surface area contributed by atoms with E-state index in [1.807, 2.05) is 140 Å². The molecule has 264 valence electrons. The Bertz CT molecular complexity index is 1250. The van der Waals surface area contributed by atoms with Gasteiger partial charge in [0.15, 0.2) is 36.2 Å². The van der Waals surface area contributed by atoms with Gasteiger partial charge in [-0.15, -0.1) is 0 Å². The van der Waals surface area contributed by atoms with Crippen molar-refractivity contribution in [1.82, 2.24) is 0 Å². The van der Waals surface area contributed by atoms with Crippen LogP contribution >= 0.6 is 0 Å². The lowest BCUT2D eigenvalue weighted by atomic mass is 9.86. The van der Waals surface area contributed by atoms with Crippen molar-refractivity contribution in [3.63, 3.8) is 0 Å². The maximum atomic E-state index is 12.8. The molecule has 0 N–H and O–H groups in total. The quantitative estimate of drug-likeness (QED) is 0.245. The van der Waals surface area contributed by atoms with Gasteiger partial charge in [-0.05, 0) is 0 Å². The molecule has 0 bridgehead atoms. The van der Waals surface area contributed by atoms with E-state index in [0.29, 0.717) is 16.7 Å². The second-order valence-corrected chi connectivity index (χ2v) is 14.0. The van der Waals surface area contributed by atoms with Crippen LogP contribution < -0.4 is 0 Å². The molecule has 4 rings (SSSR count). The standard InChI is InChI=1S/C36H42O6.3C2H6/c1-34(2,3)28(37)22-10-16-25(17-11-22)31-40-32(26-18-12-23(13-19-26)29(38)35(4,5)6)42-33(41-31)27-20-14-24(15-21-27)30(39)36(7,8)9;3*1-2/h10-21,31-33H,1-9H3;3*1-2H3. The van der Waals surface area contributed by atoms with Gasteiger partial charge in [0.2, 0.25) is 0 Å². The number of hydrogen-bond acceptors (Lipinski definition) is 6. The summed E-state index contributed by atoms with van der Waals surface area (Å²) in [6.45, 7) is 29.0. The highest BCUT2D eigenvalue weighted by Crippen LogP contribution is 2.42. The van der Waals surface area contributed by atoms with Gasteiger partial charge in [-0.25, -0.2) is 0 Å². The molecular weight excluding hydrogens is 600 g/mol. The van der Waals surface area contributed by atoms with E-state index >= 15 is 0 Å². The van der Waals surface area contributed by atoms with Crippen molar-refractivity contribution in [1.29, 1.82) is 0 Å². The number of carbonyl (C=O) groups excluding carboxylic acids is 3. The zero-order chi connectivity index (χ0) is 37.0. The van der Waals surface area contributed by atoms with Crippen molar-refractivity contribution in [2.45, 2.75) is 123 Å². The van der Waals surface area contributed by atoms with Gasteiger partial charge < -0.3 is 14.2 Å². The van der Waals surface area contributed by atoms with E-state index in [9.17, 15) is 14.4 Å². The van der Waals surface area contributed by atoms with Gasteiger partial charge in [-0.2, -0.15) is 0 Å². The van der Waals surface area contributed by atoms with E-state index in [2.05, 4.69) is 0 Å². The topological polar surface area (TPSA) is 78.9 Å². The Morgan fingerprint density at radius 3 is 0.688 bits per heavy atom. The van der Waals surface area contributed by atoms with Crippen molar-refractivity contribution in [3.05, 3.63) is 106 Å². The number of rotatable bonds is 6. The molecule has 0 radical (unpaired) electrons. The first kappa shape index (κ1) is 42.6. The monoisotopic (exact) mass is 660 g/mol. The Kier molecular flexibility index (Phi) is 16.3. The van der Waals surface area contributed by atoms with E-state index in [0.717, 1.165) is 16.7 Å². The van der Waals surface area contributed by atoms with Gasteiger partial charge in [0.05, 0.1) is 0 Å². The summed E-state index contributed by atoms with van der Waals surface area (Å²) in [4.78, 5) is 38.3. The number of benzene rings is 3. The van der Waals surface area contributed by atoms with E-state index in [1.54, 1.807) is 36.4 Å². The molecule has 0 aliphatic carbocycles. The summed E-state index contributed by atoms with van der Waals surface area (Å²) in [6, 6.07) is 21.7. The lowest BCUT2D eigenvalue weighted by Gasteiger charge is -2.36. The fourth-order valence-corrected chi connectivity index (χ4v) is 4.58. The summed E-state index contributed by atoms with van der Waals surface area (Å²) < 4.78 is 18.9. The van der Waals surface area contributed by atoms with Crippen molar-refractivity contribution in [2.24, 2.45) is 16.2 Å². The number of Topliss-reactive ketones (excluding diaryl/α,β-unsaturated/α-hetero) is 3. The average Bonchev–Trinajstić information content (AvgIpc) is 3.08. The Balaban J connectivity index is 0.00000182. The fraction of sp³-hybridized carbons (Fsp3) is 0.500. The predicted octanol–water partition coefficient (Wildman–Crippen LogP) is 11.9. The zero-order valence-corrected chi connectivity index (χ0v) is 32.1. The van der Waals surface area contributed by atoms with Crippen LogP contribution in [0.4, 0.5) is 0 Å². The van der Waals surface area contributed by atoms with E-state index in [4.69, 9.17) is 14.2 Å². The van der Waals surface area contributed by atoms with Crippen LogP contribution in [0.25, 0.3) is 0 Å². The zero-order valence-electron chi connectivity index (χ0n) is 32.1. The molecule has 0 spiro atoms. The third-order valence-electron chi connectivity index (χ3n) is 7.12. The first-order valence-corrected chi connectivity index (χ1v) is 17.4. The van der Waals surface area contributed by atoms with Crippen molar-refractivity contribution in [2.75, 3.05) is 0 Å². The third kappa shape index (κ3) is 11.3. The lowest BCUT2D eigenvalue weighted by Crippen LogP contribution is -2.27. The molecule has 0 saturated carbocycles. The molecule has 6 nitrogen and oxygen atoms in total. The first-order chi connectivity index (χ1) is 22.4. The number of hydrogen-bond donors (Lipinski definition) is 0. The van der Waals surface area contributed by atoms with Crippen LogP contribution in [0.15, 0.2) is 72.8 Å². The minimum Gasteiger partial charge on any atom is -0.315 e. The molecule has 1 heterocycles. The van der Waals surface area contributed by atoms with Gasteiger partial charge in [0.25, 0.3) is 0 Å². The van der Waals surface area contributed by atoms with Crippen molar-refractivity contribution in [3.8, 4) is 0 Å². The van der Waals surface area contributed by atoms with Crippen molar-refractivity contribution < 1.29 is 28.6 Å². The third-order valence-corrected chi connectivity index (χ3v) is 7.12. The summed E-state index contributed by atoms with van der Waals surface area (Å²) in [6.07, 6.45) is -2.38. The van der Waals surface area contributed by atoms with E-state index < -0.39 is 35.1 Å². The summed E-state index contributed by atoms with van der Waals surface area (Å²) >= 11 is 0. The smallest absolute Gasteiger partial charge is 0.190 e. The molecule has 48 heavy (non-hydrogen) atoms. The molecule has 0 aromatic heterocycles. The molecule has 0 atom stereocenters. The predicted molar refractivity (Wildman–Crippen MR) is 196 cm³/mol. The molecule has 1 saturated heterocycles. The van der Waals surface area contributed by atoms with Crippen LogP contribution in [0.1, 0.15) is 170 Å². The Hall–Kier alpha value is -3.45. The Labute approximate surface area is 290 Å². The van der Waals surface area contributed by atoms with Crippen molar-refractivity contribution >= 4 is 17.3 Å². The molecule has 3 aromatic rings. The summed E-state index contributed by atoms with van der Waals surface area (Å²) in [5.41, 5.74) is 2.56. The minimum absolute atomic E-state index is 0.0494. The molecule has 3 aromatic carbocycles. The average molecular weight is 661 g/mol. The van der Waals surface area contributed by atoms with Gasteiger partial charge in [-0.3, -0.25) is 14.4 Å². The van der Waals surface area contributed by atoms with Crippen LogP contribution in [0.2, 0.25) is 0 Å². The van der Waals surface area contributed by atoms with Crippen LogP contribution in [-0.4, -0.2) is 17.3 Å². The molecule has 0 unspecified atom stereocenters. The van der Waals surface area contributed by atoms with E-state index in [1.165, 1.54) is 0 Å². The van der Waals surface area contributed by atoms with Gasteiger partial charge >= 0.3 is 0 Å². The second-order valence-electron chi connectivity index (χ2n) is 14.0. The molecule has 1 aliphatic heterocycles. The second kappa shape index (κ2) is 18.4. The van der Waals surface area contributed by atoms with Crippen LogP contribution in [0.5, 0.6) is 0 Å². The highest BCUT2D eigenvalue weighted by atomic mass is 16.9. The summed E-state index contributed by atoms with van der Waals surface area (Å²) in [5.74, 6) is 0.148. The Morgan fingerprint density at radius 2 is 0.542 bits per heavy atom. The largest absolute Gasteiger partial charge is 0.315 e. The maximum absolute atomic E-state index is 12.8. The highest BCUT2D eigenvalue weighted by Gasteiger charge is 2.35. The van der Waals surface area contributed by atoms with Crippen LogP contribution in [-0.2, 0) is 14.2 Å². The molecular formula is C42H60O6. The normalized spacial score (nSPS) is 17.7. The highest BCUT2D eigenvalue weighted by molar-refractivity contribution is 6.00. The first-order valence-electron chi connectivity index (χ1n) is 17.4. The molecule has 6 heteroatoms. The number of ketones is 3. The van der Waals surface area contributed by atoms with Crippen LogP contribution in [0.3, 0.4) is 0 Å². The molecule has 1 aliphatic rings.